The molecule has 2 N–H and O–H groups in total. The molecule has 3 nitrogen and oxygen atoms in total. The smallest absolute Gasteiger partial charge is 0.168 e. The molecular weight excluding hydrogens is 188 g/mol. The van der Waals surface area contributed by atoms with Gasteiger partial charge in [0.15, 0.2) is 5.78 Å². The minimum atomic E-state index is 0. The molecule has 1 aromatic rings. The van der Waals surface area contributed by atoms with Crippen LogP contribution in [0.1, 0.15) is 17.3 Å². The van der Waals surface area contributed by atoms with Crippen molar-refractivity contribution in [1.82, 2.24) is 5.32 Å². The number of ketones is 1. The molecule has 0 bridgehead atoms. The predicted molar refractivity (Wildman–Crippen MR) is 61.4 cm³/mol. The molecule has 1 aromatic carbocycles. The number of benzene rings is 1. The molecule has 3 heteroatoms. The molecule has 2 aliphatic rings. The first kappa shape index (κ1) is 8.92. The highest BCUT2D eigenvalue weighted by Crippen LogP contribution is 2.24. The number of hydrogen-bond donors (Lipinski definition) is 2. The Morgan fingerprint density at radius 3 is 3.00 bits per heavy atom. The van der Waals surface area contributed by atoms with Crippen LogP contribution in [0, 0.1) is 5.92 Å². The average molecular weight is 204 g/mol. The number of nitrogens with one attached hydrogen (secondary N) is 2. The topological polar surface area (TPSA) is 41.1 Å². The molecule has 0 unspecified atom stereocenters. The van der Waals surface area contributed by atoms with Gasteiger partial charge in [0.25, 0.3) is 0 Å². The van der Waals surface area contributed by atoms with E-state index in [0.717, 1.165) is 31.6 Å². The van der Waals surface area contributed by atoms with Crippen LogP contribution in [-0.2, 0) is 6.42 Å². The third-order valence-electron chi connectivity index (χ3n) is 3.25. The van der Waals surface area contributed by atoms with Crippen LogP contribution in [0.3, 0.4) is 0 Å². The highest BCUT2D eigenvalue weighted by atomic mass is 16.1. The van der Waals surface area contributed by atoms with E-state index in [9.17, 15) is 4.79 Å². The third kappa shape index (κ3) is 1.43. The van der Waals surface area contributed by atoms with Crippen molar-refractivity contribution >= 4 is 11.5 Å². The highest BCUT2D eigenvalue weighted by Gasteiger charge is 2.26. The third-order valence-corrected chi connectivity index (χ3v) is 3.25. The van der Waals surface area contributed by atoms with Gasteiger partial charge in [-0.2, -0.15) is 0 Å². The Balaban J connectivity index is 0.000000963. The van der Waals surface area contributed by atoms with Gasteiger partial charge in [-0.1, -0.05) is 0 Å². The second kappa shape index (κ2) is 3.35. The van der Waals surface area contributed by atoms with Crippen LogP contribution in [0.25, 0.3) is 0 Å². The normalized spacial score (nSPS) is 19.2. The van der Waals surface area contributed by atoms with Gasteiger partial charge in [-0.25, -0.2) is 0 Å². The molecule has 0 saturated carbocycles. The van der Waals surface area contributed by atoms with Crippen LogP contribution in [0.5, 0.6) is 0 Å². The Labute approximate surface area is 90.4 Å². The maximum atomic E-state index is 12.0. The lowest BCUT2D eigenvalue weighted by Gasteiger charge is -2.25. The maximum Gasteiger partial charge on any atom is 0.168 e. The highest BCUT2D eigenvalue weighted by molar-refractivity contribution is 5.99. The first-order valence-electron chi connectivity index (χ1n) is 5.46. The van der Waals surface area contributed by atoms with Crippen LogP contribution < -0.4 is 10.6 Å². The van der Waals surface area contributed by atoms with Gasteiger partial charge in [0.2, 0.25) is 0 Å². The number of hydrogen-bond acceptors (Lipinski definition) is 3. The Morgan fingerprint density at radius 2 is 2.27 bits per heavy atom. The lowest BCUT2D eigenvalue weighted by Crippen LogP contribution is -2.46. The average Bonchev–Trinajstić information content (AvgIpc) is 2.61. The Morgan fingerprint density at radius 1 is 1.40 bits per heavy atom. The number of carbonyl (C=O) groups excluding carboxylic acids is 1. The molecule has 1 saturated heterocycles. The van der Waals surface area contributed by atoms with E-state index in [-0.39, 0.29) is 7.34 Å². The molecule has 2 heterocycles. The van der Waals surface area contributed by atoms with Crippen molar-refractivity contribution in [2.24, 2.45) is 5.92 Å². The predicted octanol–water partition coefficient (Wildman–Crippen LogP) is 1.30. The van der Waals surface area contributed by atoms with Crippen LogP contribution >= 0.6 is 0 Å². The largest absolute Gasteiger partial charge is 0.384 e. The summed E-state index contributed by atoms with van der Waals surface area (Å²) in [6.45, 7) is 2.68. The van der Waals surface area contributed by atoms with Crippen LogP contribution in [-0.4, -0.2) is 25.4 Å². The van der Waals surface area contributed by atoms with Crippen LogP contribution in [0.4, 0.5) is 5.69 Å². The monoisotopic (exact) mass is 204 g/mol. The van der Waals surface area contributed by atoms with Crippen molar-refractivity contribution in [2.45, 2.75) is 6.42 Å². The van der Waals surface area contributed by atoms with E-state index < -0.39 is 0 Å². The van der Waals surface area contributed by atoms with E-state index in [2.05, 4.69) is 16.7 Å². The summed E-state index contributed by atoms with van der Waals surface area (Å²) in [6, 6.07) is 6.02. The van der Waals surface area contributed by atoms with Gasteiger partial charge in [0, 0.05) is 38.2 Å². The number of carbonyl (C=O) groups is 1. The molecule has 1 fully saturated rings. The molecule has 2 aliphatic heterocycles. The molecule has 15 heavy (non-hydrogen) atoms. The molecule has 80 valence electrons. The fourth-order valence-corrected chi connectivity index (χ4v) is 2.17. The van der Waals surface area contributed by atoms with Gasteiger partial charge >= 0.3 is 0 Å². The van der Waals surface area contributed by atoms with Gasteiger partial charge < -0.3 is 10.6 Å². The standard InChI is InChI=1S/C12H14N2O.H2/c15-12(10-6-13-7-10)9-1-2-11-8(5-9)3-4-14-11;/h1-2,5,10,13-14H,3-4,6-7H2;1H. The Hall–Kier alpha value is -1.35. The van der Waals surface area contributed by atoms with Crippen LogP contribution in [0.2, 0.25) is 0 Å². The number of rotatable bonds is 2. The molecule has 3 rings (SSSR count). The summed E-state index contributed by atoms with van der Waals surface area (Å²) in [4.78, 5) is 12.0. The molecule has 0 atom stereocenters. The van der Waals surface area contributed by atoms with Crippen molar-refractivity contribution in [3.8, 4) is 0 Å². The van der Waals surface area contributed by atoms with E-state index in [1.165, 1.54) is 11.3 Å². The lowest BCUT2D eigenvalue weighted by atomic mass is 9.92. The number of Topliss-reactive ketones (excluding diaryl/α,β-unsaturated/α-hetero) is 1. The first-order valence-corrected chi connectivity index (χ1v) is 5.46. The van der Waals surface area contributed by atoms with Gasteiger partial charge in [-0.05, 0) is 30.2 Å². The molecule has 0 amide bonds. The fourth-order valence-electron chi connectivity index (χ4n) is 2.17. The van der Waals surface area contributed by atoms with Gasteiger partial charge in [-0.3, -0.25) is 4.79 Å². The van der Waals surface area contributed by atoms with Crippen molar-refractivity contribution in [1.29, 1.82) is 0 Å². The van der Waals surface area contributed by atoms with E-state index in [4.69, 9.17) is 0 Å². The molecule has 0 aromatic heterocycles. The summed E-state index contributed by atoms with van der Waals surface area (Å²) in [5.74, 6) is 0.501. The summed E-state index contributed by atoms with van der Waals surface area (Å²) in [6.07, 6.45) is 1.04. The van der Waals surface area contributed by atoms with E-state index >= 15 is 0 Å². The number of anilines is 1. The minimum absolute atomic E-state index is 0. The van der Waals surface area contributed by atoms with Gasteiger partial charge in [0.1, 0.15) is 0 Å². The fraction of sp³-hybridized carbons (Fsp3) is 0.417. The van der Waals surface area contributed by atoms with Crippen molar-refractivity contribution < 1.29 is 6.22 Å². The summed E-state index contributed by atoms with van der Waals surface area (Å²) in [5.41, 5.74) is 3.36. The maximum absolute atomic E-state index is 12.0. The van der Waals surface area contributed by atoms with E-state index in [1.54, 1.807) is 0 Å². The van der Waals surface area contributed by atoms with E-state index in [1.807, 2.05) is 12.1 Å². The zero-order valence-corrected chi connectivity index (χ0v) is 8.55. The van der Waals surface area contributed by atoms with Crippen LogP contribution in [0.15, 0.2) is 18.2 Å². The van der Waals surface area contributed by atoms with Crippen molar-refractivity contribution in [2.75, 3.05) is 25.0 Å². The first-order chi connectivity index (χ1) is 7.34. The Kier molecular flexibility index (Phi) is 1.99. The quantitative estimate of drug-likeness (QED) is 0.713. The van der Waals surface area contributed by atoms with Crippen molar-refractivity contribution in [3.05, 3.63) is 29.3 Å². The second-order valence-electron chi connectivity index (χ2n) is 4.27. The summed E-state index contributed by atoms with van der Waals surface area (Å²) >= 11 is 0. The Bertz CT molecular complexity index is 415. The second-order valence-corrected chi connectivity index (χ2v) is 4.27. The molecular formula is C12H16N2O. The van der Waals surface area contributed by atoms with E-state index in [0.29, 0.717) is 5.78 Å². The minimum Gasteiger partial charge on any atom is -0.384 e. The molecule has 0 radical (unpaired) electrons. The summed E-state index contributed by atoms with van der Waals surface area (Å²) < 4.78 is 0. The molecule has 0 aliphatic carbocycles. The van der Waals surface area contributed by atoms with Gasteiger partial charge in [-0.15, -0.1) is 0 Å². The SMILES string of the molecule is O=C(c1ccc2c(c1)CCN2)C1CNC1.[HH]. The zero-order valence-electron chi connectivity index (χ0n) is 8.55. The zero-order chi connectivity index (χ0) is 10.3. The lowest BCUT2D eigenvalue weighted by molar-refractivity contribution is 0.0878. The summed E-state index contributed by atoms with van der Waals surface area (Å²) in [7, 11) is 0. The van der Waals surface area contributed by atoms with Crippen molar-refractivity contribution in [3.63, 3.8) is 0 Å². The number of fused-ring (bicyclic) bond motifs is 1. The van der Waals surface area contributed by atoms with Gasteiger partial charge in [0.05, 0.1) is 0 Å². The summed E-state index contributed by atoms with van der Waals surface area (Å²) in [5, 5.41) is 6.43. The molecule has 0 spiro atoms.